The number of anilines is 1. The van der Waals surface area contributed by atoms with Gasteiger partial charge in [0.1, 0.15) is 0 Å². The molecule has 0 spiro atoms. The van der Waals surface area contributed by atoms with Crippen LogP contribution in [-0.2, 0) is 17.9 Å². The Hall–Kier alpha value is -1.10. The monoisotopic (exact) mass is 225 g/mol. The second-order valence-electron chi connectivity index (χ2n) is 3.78. The number of hydrogen-bond acceptors (Lipinski definition) is 4. The summed E-state index contributed by atoms with van der Waals surface area (Å²) in [6.07, 6.45) is 2.69. The Labute approximate surface area is 93.1 Å². The molecule has 1 amide bonds. The summed E-state index contributed by atoms with van der Waals surface area (Å²) in [4.78, 5) is 18.9. The molecule has 1 aromatic heterocycles. The van der Waals surface area contributed by atoms with Gasteiger partial charge in [-0.15, -0.1) is 11.3 Å². The highest BCUT2D eigenvalue weighted by Gasteiger charge is 2.25. The van der Waals surface area contributed by atoms with Crippen LogP contribution in [0.5, 0.6) is 0 Å². The maximum atomic E-state index is 11.7. The maximum Gasteiger partial charge on any atom is 0.223 e. The Morgan fingerprint density at radius 1 is 1.60 bits per heavy atom. The molecule has 2 heterocycles. The number of rotatable bonds is 3. The lowest BCUT2D eigenvalue weighted by Crippen LogP contribution is -2.25. The molecule has 0 aliphatic carbocycles. The van der Waals surface area contributed by atoms with Crippen molar-refractivity contribution in [3.8, 4) is 0 Å². The zero-order chi connectivity index (χ0) is 10.8. The summed E-state index contributed by atoms with van der Waals surface area (Å²) in [5, 5.41) is 0.612. The van der Waals surface area contributed by atoms with Crippen LogP contribution in [0, 0.1) is 0 Å². The van der Waals surface area contributed by atoms with Crippen LogP contribution in [0.25, 0.3) is 0 Å². The van der Waals surface area contributed by atoms with Crippen LogP contribution < -0.4 is 5.73 Å². The van der Waals surface area contributed by atoms with Crippen LogP contribution in [0.1, 0.15) is 36.8 Å². The molecular weight excluding hydrogens is 210 g/mol. The molecule has 0 saturated heterocycles. The van der Waals surface area contributed by atoms with E-state index in [1.54, 1.807) is 0 Å². The summed E-state index contributed by atoms with van der Waals surface area (Å²) in [6, 6.07) is 0. The second-order valence-corrected chi connectivity index (χ2v) is 4.89. The first-order chi connectivity index (χ1) is 7.20. The minimum Gasteiger partial charge on any atom is -0.375 e. The molecule has 5 heteroatoms. The average molecular weight is 225 g/mol. The number of aromatic nitrogens is 1. The third kappa shape index (κ3) is 2.12. The molecule has 15 heavy (non-hydrogen) atoms. The summed E-state index contributed by atoms with van der Waals surface area (Å²) in [7, 11) is 0. The summed E-state index contributed by atoms with van der Waals surface area (Å²) in [5.41, 5.74) is 6.58. The molecule has 0 atom stereocenters. The number of thiazole rings is 1. The smallest absolute Gasteiger partial charge is 0.223 e. The zero-order valence-corrected chi connectivity index (χ0v) is 9.64. The lowest BCUT2D eigenvalue weighted by atomic mass is 10.2. The van der Waals surface area contributed by atoms with Crippen LogP contribution >= 0.6 is 11.3 Å². The molecule has 1 aliphatic heterocycles. The van der Waals surface area contributed by atoms with Gasteiger partial charge in [-0.2, -0.15) is 0 Å². The van der Waals surface area contributed by atoms with Crippen LogP contribution in [0.4, 0.5) is 5.13 Å². The molecular formula is C10H15N3OS. The van der Waals surface area contributed by atoms with Crippen molar-refractivity contribution >= 4 is 22.4 Å². The SMILES string of the molecule is CCCCC(=O)N1Cc2nc(N)sc2C1. The standard InChI is InChI=1S/C10H15N3OS/c1-2-3-4-9(14)13-5-7-8(6-13)15-10(11)12-7/h2-6H2,1H3,(H2,11,12). The van der Waals surface area contributed by atoms with Crippen LogP contribution in [0.15, 0.2) is 0 Å². The first-order valence-corrected chi connectivity index (χ1v) is 6.04. The summed E-state index contributed by atoms with van der Waals surface area (Å²) in [5.74, 6) is 0.237. The van der Waals surface area contributed by atoms with E-state index >= 15 is 0 Å². The highest BCUT2D eigenvalue weighted by atomic mass is 32.1. The number of fused-ring (bicyclic) bond motifs is 1. The van der Waals surface area contributed by atoms with Crippen molar-refractivity contribution in [3.63, 3.8) is 0 Å². The largest absolute Gasteiger partial charge is 0.375 e. The predicted octanol–water partition coefficient (Wildman–Crippen LogP) is 1.76. The van der Waals surface area contributed by atoms with Crippen LogP contribution in [0.3, 0.4) is 0 Å². The van der Waals surface area contributed by atoms with Gasteiger partial charge in [-0.3, -0.25) is 4.79 Å². The number of hydrogen-bond donors (Lipinski definition) is 1. The van der Waals surface area contributed by atoms with Crippen molar-refractivity contribution < 1.29 is 4.79 Å². The Bertz CT molecular complexity index is 351. The molecule has 82 valence electrons. The third-order valence-corrected chi connectivity index (χ3v) is 3.48. The molecule has 0 radical (unpaired) electrons. The normalized spacial score (nSPS) is 14.3. The Balaban J connectivity index is 1.95. The van der Waals surface area contributed by atoms with E-state index in [2.05, 4.69) is 11.9 Å². The fourth-order valence-corrected chi connectivity index (χ4v) is 2.58. The summed E-state index contributed by atoms with van der Waals surface area (Å²) in [6.45, 7) is 3.44. The van der Waals surface area contributed by atoms with E-state index in [1.165, 1.54) is 11.3 Å². The number of unbranched alkanes of at least 4 members (excludes halogenated alkanes) is 1. The fraction of sp³-hybridized carbons (Fsp3) is 0.600. The molecule has 0 fully saturated rings. The van der Waals surface area contributed by atoms with Gasteiger partial charge < -0.3 is 10.6 Å². The highest BCUT2D eigenvalue weighted by Crippen LogP contribution is 2.29. The van der Waals surface area contributed by atoms with Gasteiger partial charge in [-0.25, -0.2) is 4.98 Å². The van der Waals surface area contributed by atoms with Crippen molar-refractivity contribution in [3.05, 3.63) is 10.6 Å². The van der Waals surface area contributed by atoms with Gasteiger partial charge >= 0.3 is 0 Å². The quantitative estimate of drug-likeness (QED) is 0.852. The van der Waals surface area contributed by atoms with Gasteiger partial charge in [0.2, 0.25) is 5.91 Å². The van der Waals surface area contributed by atoms with Crippen molar-refractivity contribution in [2.45, 2.75) is 39.3 Å². The number of nitrogen functional groups attached to an aromatic ring is 1. The van der Waals surface area contributed by atoms with Crippen molar-refractivity contribution in [1.29, 1.82) is 0 Å². The van der Waals surface area contributed by atoms with E-state index in [4.69, 9.17) is 5.73 Å². The topological polar surface area (TPSA) is 59.2 Å². The first-order valence-electron chi connectivity index (χ1n) is 5.22. The molecule has 1 aromatic rings. The van der Waals surface area contributed by atoms with E-state index < -0.39 is 0 Å². The Morgan fingerprint density at radius 3 is 3.07 bits per heavy atom. The molecule has 0 bridgehead atoms. The molecule has 0 aromatic carbocycles. The molecule has 0 saturated carbocycles. The van der Waals surface area contributed by atoms with Crippen LogP contribution in [-0.4, -0.2) is 15.8 Å². The van der Waals surface area contributed by atoms with E-state index in [9.17, 15) is 4.79 Å². The summed E-state index contributed by atoms with van der Waals surface area (Å²) >= 11 is 1.49. The van der Waals surface area contributed by atoms with Crippen molar-refractivity contribution in [2.75, 3.05) is 5.73 Å². The number of carbonyl (C=O) groups excluding carboxylic acids is 1. The molecule has 0 unspecified atom stereocenters. The fourth-order valence-electron chi connectivity index (χ4n) is 1.72. The minimum absolute atomic E-state index is 0.237. The average Bonchev–Trinajstić information content (AvgIpc) is 2.70. The number of nitrogens with two attached hydrogens (primary N) is 1. The zero-order valence-electron chi connectivity index (χ0n) is 8.82. The molecule has 1 aliphatic rings. The van der Waals surface area contributed by atoms with E-state index in [0.717, 1.165) is 23.4 Å². The van der Waals surface area contributed by atoms with Gasteiger partial charge in [-0.05, 0) is 6.42 Å². The van der Waals surface area contributed by atoms with E-state index in [-0.39, 0.29) is 5.91 Å². The van der Waals surface area contributed by atoms with Gasteiger partial charge in [0.05, 0.1) is 23.7 Å². The number of amides is 1. The van der Waals surface area contributed by atoms with Crippen LogP contribution in [0.2, 0.25) is 0 Å². The van der Waals surface area contributed by atoms with Gasteiger partial charge in [0.25, 0.3) is 0 Å². The van der Waals surface area contributed by atoms with E-state index in [0.29, 0.717) is 24.6 Å². The Kier molecular flexibility index (Phi) is 2.90. The van der Waals surface area contributed by atoms with E-state index in [1.807, 2.05) is 4.90 Å². The minimum atomic E-state index is 0.237. The molecule has 2 rings (SSSR count). The van der Waals surface area contributed by atoms with Gasteiger partial charge in [-0.1, -0.05) is 13.3 Å². The molecule has 2 N–H and O–H groups in total. The number of nitrogens with zero attached hydrogens (tertiary/aromatic N) is 2. The van der Waals surface area contributed by atoms with Gasteiger partial charge in [0, 0.05) is 6.42 Å². The van der Waals surface area contributed by atoms with Crippen molar-refractivity contribution in [1.82, 2.24) is 9.88 Å². The maximum absolute atomic E-state index is 11.7. The number of carbonyl (C=O) groups is 1. The highest BCUT2D eigenvalue weighted by molar-refractivity contribution is 7.15. The lowest BCUT2D eigenvalue weighted by molar-refractivity contribution is -0.131. The second kappa shape index (κ2) is 4.18. The van der Waals surface area contributed by atoms with Crippen molar-refractivity contribution in [2.24, 2.45) is 0 Å². The molecule has 4 nitrogen and oxygen atoms in total. The Morgan fingerprint density at radius 2 is 2.40 bits per heavy atom. The predicted molar refractivity (Wildman–Crippen MR) is 60.3 cm³/mol. The first kappa shape index (κ1) is 10.4. The lowest BCUT2D eigenvalue weighted by Gasteiger charge is -2.14. The van der Waals surface area contributed by atoms with Gasteiger partial charge in [0.15, 0.2) is 5.13 Å². The third-order valence-electron chi connectivity index (χ3n) is 2.57. The summed E-state index contributed by atoms with van der Waals surface area (Å²) < 4.78 is 0.